The minimum atomic E-state index is -5.38. The summed E-state index contributed by atoms with van der Waals surface area (Å²) in [6.45, 7) is 0.495. The molecule has 0 aliphatic carbocycles. The van der Waals surface area contributed by atoms with Crippen molar-refractivity contribution in [2.24, 2.45) is 4.99 Å². The van der Waals surface area contributed by atoms with E-state index in [2.05, 4.69) is 25.3 Å². The molecule has 3 aromatic rings. The van der Waals surface area contributed by atoms with Gasteiger partial charge in [0.05, 0.1) is 25.5 Å². The first-order valence-electron chi connectivity index (χ1n) is 13.9. The topological polar surface area (TPSA) is 136 Å². The second-order valence-electron chi connectivity index (χ2n) is 9.94. The van der Waals surface area contributed by atoms with Gasteiger partial charge in [-0.3, -0.25) is 14.6 Å². The lowest BCUT2D eigenvalue weighted by Crippen LogP contribution is -2.42. The molecule has 0 bridgehead atoms. The van der Waals surface area contributed by atoms with Crippen LogP contribution in [0.4, 0.5) is 19.0 Å². The monoisotopic (exact) mass is 622 g/mol. The van der Waals surface area contributed by atoms with Crippen LogP contribution in [-0.4, -0.2) is 59.9 Å². The summed E-state index contributed by atoms with van der Waals surface area (Å²) < 4.78 is 47.4. The van der Waals surface area contributed by atoms with Crippen molar-refractivity contribution in [2.45, 2.75) is 37.0 Å². The zero-order valence-electron chi connectivity index (χ0n) is 23.8. The Morgan fingerprint density at radius 2 is 1.62 bits per heavy atom. The van der Waals surface area contributed by atoms with Gasteiger partial charge < -0.3 is 20.1 Å². The lowest BCUT2D eigenvalue weighted by Gasteiger charge is -2.24. The van der Waals surface area contributed by atoms with Crippen LogP contribution < -0.4 is 10.6 Å². The minimum Gasteiger partial charge on any atom is -0.464 e. The maximum Gasteiger partial charge on any atom is 0.491 e. The van der Waals surface area contributed by atoms with Crippen LogP contribution in [0.3, 0.4) is 0 Å². The van der Waals surface area contributed by atoms with E-state index in [1.165, 1.54) is 18.4 Å². The fourth-order valence-corrected chi connectivity index (χ4v) is 4.41. The minimum absolute atomic E-state index is 0.0286. The summed E-state index contributed by atoms with van der Waals surface area (Å²) in [5.74, 6) is -5.03. The Labute approximate surface area is 256 Å². The Morgan fingerprint density at radius 1 is 0.911 bits per heavy atom. The van der Waals surface area contributed by atoms with E-state index in [4.69, 9.17) is 4.74 Å². The summed E-state index contributed by atoms with van der Waals surface area (Å²) >= 11 is 0. The Morgan fingerprint density at radius 3 is 2.27 bits per heavy atom. The van der Waals surface area contributed by atoms with Crippen molar-refractivity contribution in [1.82, 2.24) is 10.3 Å². The quantitative estimate of drug-likeness (QED) is 0.159. The number of nitrogens with zero attached hydrogens (tertiary/aromatic N) is 2. The number of aliphatic imine (C=N–C) groups is 1. The van der Waals surface area contributed by atoms with E-state index >= 15 is 0 Å². The molecule has 0 saturated heterocycles. The van der Waals surface area contributed by atoms with Gasteiger partial charge in [-0.05, 0) is 47.4 Å². The molecular formula is C32H29F3N4O6. The van der Waals surface area contributed by atoms with Crippen LogP contribution in [0, 0.1) is 0 Å². The fourth-order valence-electron chi connectivity index (χ4n) is 4.41. The number of hydrogen-bond donors (Lipinski definition) is 2. The van der Waals surface area contributed by atoms with E-state index in [-0.39, 0.29) is 6.61 Å². The summed E-state index contributed by atoms with van der Waals surface area (Å²) in [5, 5.41) is 5.66. The molecule has 2 unspecified atom stereocenters. The average molecular weight is 623 g/mol. The third kappa shape index (κ3) is 9.33. The van der Waals surface area contributed by atoms with Crippen molar-refractivity contribution in [2.75, 3.05) is 18.5 Å². The highest BCUT2D eigenvalue weighted by atomic mass is 19.4. The van der Waals surface area contributed by atoms with E-state index in [0.29, 0.717) is 24.3 Å². The van der Waals surface area contributed by atoms with Crippen LogP contribution in [-0.2, 0) is 28.7 Å². The van der Waals surface area contributed by atoms with Crippen molar-refractivity contribution in [1.29, 1.82) is 0 Å². The average Bonchev–Trinajstić information content (AvgIpc) is 3.50. The molecule has 10 nitrogen and oxygen atoms in total. The van der Waals surface area contributed by atoms with Crippen molar-refractivity contribution in [3.05, 3.63) is 96.7 Å². The van der Waals surface area contributed by atoms with Crippen molar-refractivity contribution < 1.29 is 41.8 Å². The maximum absolute atomic E-state index is 13.2. The molecule has 2 aromatic carbocycles. The standard InChI is InChI=1S/C32H29F3N4O6/c33-32(34,35)30(43)45-28(41)20-25(24-13-11-23(12-14-24)22-8-2-1-3-9-22)39-27(40)21-31(15-6-18-38-31)29(42)44-19-7-17-37-26-10-4-5-16-36-26/h1-6,8-16,18,25H,7,17,19-21H2,(H,36,37)(H,39,40). The van der Waals surface area contributed by atoms with Crippen LogP contribution in [0.15, 0.2) is 96.1 Å². The number of amides is 1. The third-order valence-electron chi connectivity index (χ3n) is 6.64. The number of esters is 3. The number of aromatic nitrogens is 1. The number of nitrogens with one attached hydrogen (secondary N) is 2. The molecule has 2 atom stereocenters. The van der Waals surface area contributed by atoms with E-state index in [9.17, 15) is 32.3 Å². The summed E-state index contributed by atoms with van der Waals surface area (Å²) in [4.78, 5) is 58.1. The molecule has 1 aromatic heterocycles. The Balaban J connectivity index is 1.42. The molecule has 0 saturated carbocycles. The normalized spacial score (nSPS) is 16.1. The van der Waals surface area contributed by atoms with Gasteiger partial charge in [-0.25, -0.2) is 14.6 Å². The summed E-state index contributed by atoms with van der Waals surface area (Å²) in [6.07, 6.45) is -0.373. The number of allylic oxidation sites excluding steroid dienone is 1. The molecule has 4 rings (SSSR count). The molecule has 0 radical (unpaired) electrons. The molecule has 1 aliphatic heterocycles. The van der Waals surface area contributed by atoms with Crippen molar-refractivity contribution >= 4 is 35.8 Å². The van der Waals surface area contributed by atoms with E-state index in [1.807, 2.05) is 36.4 Å². The van der Waals surface area contributed by atoms with E-state index < -0.39 is 54.4 Å². The van der Waals surface area contributed by atoms with Gasteiger partial charge in [0.25, 0.3) is 0 Å². The highest BCUT2D eigenvalue weighted by Crippen LogP contribution is 2.27. The molecule has 0 spiro atoms. The number of ether oxygens (including phenoxy) is 2. The summed E-state index contributed by atoms with van der Waals surface area (Å²) in [6, 6.07) is 20.1. The largest absolute Gasteiger partial charge is 0.491 e. The first-order chi connectivity index (χ1) is 21.6. The predicted molar refractivity (Wildman–Crippen MR) is 158 cm³/mol. The summed E-state index contributed by atoms with van der Waals surface area (Å²) in [7, 11) is 0. The Hall–Kier alpha value is -5.33. The second-order valence-corrected chi connectivity index (χ2v) is 9.94. The van der Waals surface area contributed by atoms with E-state index in [1.54, 1.807) is 42.6 Å². The predicted octanol–water partition coefficient (Wildman–Crippen LogP) is 4.74. The molecule has 45 heavy (non-hydrogen) atoms. The van der Waals surface area contributed by atoms with Crippen molar-refractivity contribution in [3.8, 4) is 11.1 Å². The van der Waals surface area contributed by atoms with Crippen LogP contribution in [0.1, 0.15) is 30.9 Å². The lowest BCUT2D eigenvalue weighted by atomic mass is 9.95. The van der Waals surface area contributed by atoms with E-state index in [0.717, 1.165) is 11.1 Å². The molecule has 13 heteroatoms. The third-order valence-corrected chi connectivity index (χ3v) is 6.64. The van der Waals surface area contributed by atoms with Gasteiger partial charge in [-0.15, -0.1) is 0 Å². The molecular weight excluding hydrogens is 593 g/mol. The number of pyridine rings is 1. The fraction of sp³-hybridized carbons (Fsp3) is 0.250. The molecule has 1 amide bonds. The maximum atomic E-state index is 13.2. The number of alkyl halides is 3. The number of rotatable bonds is 13. The van der Waals surface area contributed by atoms with Gasteiger partial charge in [0.2, 0.25) is 5.91 Å². The summed E-state index contributed by atoms with van der Waals surface area (Å²) in [5.41, 5.74) is 0.370. The number of benzene rings is 2. The van der Waals surface area contributed by atoms with Gasteiger partial charge >= 0.3 is 24.1 Å². The smallest absolute Gasteiger partial charge is 0.464 e. The Bertz CT molecular complexity index is 1530. The molecule has 2 N–H and O–H groups in total. The van der Waals surface area contributed by atoms with Gasteiger partial charge in [0, 0.05) is 19.0 Å². The van der Waals surface area contributed by atoms with Crippen molar-refractivity contribution in [3.63, 3.8) is 0 Å². The molecule has 2 heterocycles. The molecule has 0 fully saturated rings. The number of hydrogen-bond acceptors (Lipinski definition) is 9. The van der Waals surface area contributed by atoms with Crippen LogP contribution >= 0.6 is 0 Å². The first kappa shape index (κ1) is 32.6. The van der Waals surface area contributed by atoms with Crippen LogP contribution in [0.25, 0.3) is 11.1 Å². The number of halogens is 3. The van der Waals surface area contributed by atoms with Crippen LogP contribution in [0.5, 0.6) is 0 Å². The molecule has 234 valence electrons. The Kier molecular flexibility index (Phi) is 10.8. The zero-order valence-corrected chi connectivity index (χ0v) is 23.8. The highest BCUT2D eigenvalue weighted by Gasteiger charge is 2.43. The molecule has 1 aliphatic rings. The SMILES string of the molecule is O=C(CC1(C(=O)OCCCNc2ccccn2)C=CC=N1)NC(CC(=O)OC(=O)C(F)(F)F)c1ccc(-c2ccccc2)cc1. The first-order valence-corrected chi connectivity index (χ1v) is 13.9. The number of anilines is 1. The van der Waals surface area contributed by atoms with Gasteiger partial charge in [0.1, 0.15) is 5.82 Å². The highest BCUT2D eigenvalue weighted by molar-refractivity contribution is 5.96. The van der Waals surface area contributed by atoms with Crippen LogP contribution in [0.2, 0.25) is 0 Å². The number of carbonyl (C=O) groups excluding carboxylic acids is 4. The number of carbonyl (C=O) groups is 4. The zero-order chi connectivity index (χ0) is 32.3. The van der Waals surface area contributed by atoms with Gasteiger partial charge in [0.15, 0.2) is 5.54 Å². The lowest BCUT2D eigenvalue weighted by molar-refractivity contribution is -0.202. The van der Waals surface area contributed by atoms with Gasteiger partial charge in [-0.1, -0.05) is 60.7 Å². The second kappa shape index (κ2) is 14.9. The van der Waals surface area contributed by atoms with Gasteiger partial charge in [-0.2, -0.15) is 13.2 Å².